The number of likely N-dealkylation sites (tertiary alicyclic amines) is 1. The van der Waals surface area contributed by atoms with Crippen molar-refractivity contribution in [2.45, 2.75) is 52.6 Å². The Morgan fingerprint density at radius 3 is 2.50 bits per heavy atom. The average molecular weight is 470 g/mol. The van der Waals surface area contributed by atoms with Crippen LogP contribution in [-0.2, 0) is 16.0 Å². The number of carbonyl (C=O) groups is 3. The highest BCUT2D eigenvalue weighted by Gasteiger charge is 2.30. The maximum Gasteiger partial charge on any atom is 0.407 e. The van der Waals surface area contributed by atoms with Crippen molar-refractivity contribution in [1.82, 2.24) is 25.3 Å². The van der Waals surface area contributed by atoms with Crippen molar-refractivity contribution in [2.75, 3.05) is 26.2 Å². The van der Waals surface area contributed by atoms with Gasteiger partial charge in [-0.2, -0.15) is 5.10 Å². The number of amides is 3. The molecule has 2 N–H and O–H groups in total. The number of piperidine rings is 1. The number of carbonyl (C=O) groups excluding carboxylic acids is 3. The van der Waals surface area contributed by atoms with Crippen molar-refractivity contribution in [3.8, 4) is 5.69 Å². The number of nitrogens with one attached hydrogen (secondary N) is 2. The highest BCUT2D eigenvalue weighted by molar-refractivity contribution is 5.95. The van der Waals surface area contributed by atoms with E-state index in [0.717, 1.165) is 24.2 Å². The molecule has 0 aliphatic carbocycles. The number of hydrogen-bond acceptors (Lipinski definition) is 5. The number of ether oxygens (including phenoxy) is 1. The quantitative estimate of drug-likeness (QED) is 0.607. The third-order valence-corrected chi connectivity index (χ3v) is 5.61. The van der Waals surface area contributed by atoms with Gasteiger partial charge in [-0.15, -0.1) is 0 Å². The van der Waals surface area contributed by atoms with Gasteiger partial charge in [0.05, 0.1) is 29.1 Å². The summed E-state index contributed by atoms with van der Waals surface area (Å²) in [4.78, 5) is 39.5. The molecule has 0 spiro atoms. The Morgan fingerprint density at radius 1 is 1.12 bits per heavy atom. The van der Waals surface area contributed by atoms with Crippen LogP contribution in [0.2, 0.25) is 0 Å². The maximum absolute atomic E-state index is 13.3. The van der Waals surface area contributed by atoms with Gasteiger partial charge in [0.15, 0.2) is 0 Å². The fraction of sp³-hybridized carbons (Fsp3) is 0.520. The second-order valence-electron chi connectivity index (χ2n) is 9.42. The number of para-hydroxylation sites is 1. The van der Waals surface area contributed by atoms with Gasteiger partial charge in [0.25, 0.3) is 5.91 Å². The van der Waals surface area contributed by atoms with Gasteiger partial charge in [0.1, 0.15) is 5.60 Å². The number of aromatic nitrogens is 2. The minimum absolute atomic E-state index is 0.0943. The molecule has 1 unspecified atom stereocenters. The standard InChI is InChI=1S/C25H35N5O4/c1-5-21-20(16-28-30(21)19-11-7-6-8-12-19)23(32)29-15-9-10-18(17-29)22(31)26-13-14-27-24(33)34-25(2,3)4/h6-8,11-12,16,18H,5,9-10,13-15,17H2,1-4H3,(H,26,31)(H,27,33). The minimum Gasteiger partial charge on any atom is -0.444 e. The summed E-state index contributed by atoms with van der Waals surface area (Å²) >= 11 is 0. The van der Waals surface area contributed by atoms with Gasteiger partial charge in [-0.25, -0.2) is 9.48 Å². The zero-order chi connectivity index (χ0) is 24.7. The molecule has 1 aromatic heterocycles. The van der Waals surface area contributed by atoms with Crippen molar-refractivity contribution < 1.29 is 19.1 Å². The molecule has 2 aromatic rings. The van der Waals surface area contributed by atoms with E-state index in [1.807, 2.05) is 37.3 Å². The van der Waals surface area contributed by atoms with Crippen molar-refractivity contribution in [3.05, 3.63) is 47.8 Å². The van der Waals surface area contributed by atoms with Crippen LogP contribution in [0.4, 0.5) is 4.79 Å². The van der Waals surface area contributed by atoms with Crippen LogP contribution in [-0.4, -0.2) is 64.4 Å². The molecule has 0 saturated carbocycles. The summed E-state index contributed by atoms with van der Waals surface area (Å²) in [5.41, 5.74) is 1.78. The molecule has 0 bridgehead atoms. The third-order valence-electron chi connectivity index (χ3n) is 5.61. The minimum atomic E-state index is -0.569. The molecule has 9 heteroatoms. The van der Waals surface area contributed by atoms with E-state index in [9.17, 15) is 14.4 Å². The van der Waals surface area contributed by atoms with Crippen LogP contribution >= 0.6 is 0 Å². The predicted octanol–water partition coefficient (Wildman–Crippen LogP) is 2.93. The lowest BCUT2D eigenvalue weighted by Gasteiger charge is -2.32. The van der Waals surface area contributed by atoms with Crippen molar-refractivity contribution in [3.63, 3.8) is 0 Å². The molecule has 9 nitrogen and oxygen atoms in total. The number of benzene rings is 1. The van der Waals surface area contributed by atoms with Crippen molar-refractivity contribution >= 4 is 17.9 Å². The zero-order valence-corrected chi connectivity index (χ0v) is 20.5. The Hall–Kier alpha value is -3.36. The van der Waals surface area contributed by atoms with E-state index in [-0.39, 0.29) is 24.3 Å². The van der Waals surface area contributed by atoms with E-state index in [1.165, 1.54) is 0 Å². The normalized spacial score (nSPS) is 16.1. The van der Waals surface area contributed by atoms with Gasteiger partial charge >= 0.3 is 6.09 Å². The molecule has 3 rings (SSSR count). The van der Waals surface area contributed by atoms with Crippen LogP contribution < -0.4 is 10.6 Å². The number of rotatable bonds is 7. The molecule has 1 fully saturated rings. The van der Waals surface area contributed by atoms with Crippen molar-refractivity contribution in [1.29, 1.82) is 0 Å². The van der Waals surface area contributed by atoms with E-state index in [0.29, 0.717) is 31.6 Å². The van der Waals surface area contributed by atoms with E-state index in [4.69, 9.17) is 4.74 Å². The molecule has 1 aromatic carbocycles. The van der Waals surface area contributed by atoms with Gasteiger partial charge in [-0.05, 0) is 52.2 Å². The van der Waals surface area contributed by atoms with E-state index in [2.05, 4.69) is 15.7 Å². The lowest BCUT2D eigenvalue weighted by molar-refractivity contribution is -0.126. The first-order valence-corrected chi connectivity index (χ1v) is 11.9. The molecule has 34 heavy (non-hydrogen) atoms. The molecule has 1 aliphatic rings. The Kier molecular flexibility index (Phi) is 8.31. The first-order valence-electron chi connectivity index (χ1n) is 11.9. The summed E-state index contributed by atoms with van der Waals surface area (Å²) in [6.07, 6.45) is 3.25. The Labute approximate surface area is 200 Å². The summed E-state index contributed by atoms with van der Waals surface area (Å²) in [6.45, 7) is 8.93. The first-order chi connectivity index (χ1) is 16.2. The van der Waals surface area contributed by atoms with Crippen LogP contribution in [0.25, 0.3) is 5.69 Å². The molecule has 2 heterocycles. The average Bonchev–Trinajstić information content (AvgIpc) is 3.25. The molecular weight excluding hydrogens is 434 g/mol. The summed E-state index contributed by atoms with van der Waals surface area (Å²) in [7, 11) is 0. The Balaban J connectivity index is 1.55. The third kappa shape index (κ3) is 6.59. The van der Waals surface area contributed by atoms with Gasteiger partial charge in [-0.1, -0.05) is 25.1 Å². The van der Waals surface area contributed by atoms with Crippen molar-refractivity contribution in [2.24, 2.45) is 5.92 Å². The fourth-order valence-corrected chi connectivity index (χ4v) is 4.04. The molecule has 3 amide bonds. The Bertz CT molecular complexity index is 996. The molecule has 1 atom stereocenters. The van der Waals surface area contributed by atoms with Crippen LogP contribution in [0.3, 0.4) is 0 Å². The maximum atomic E-state index is 13.3. The predicted molar refractivity (Wildman–Crippen MR) is 129 cm³/mol. The van der Waals surface area contributed by atoms with Crippen LogP contribution in [0.5, 0.6) is 0 Å². The largest absolute Gasteiger partial charge is 0.444 e. The topological polar surface area (TPSA) is 106 Å². The number of alkyl carbamates (subject to hydrolysis) is 1. The SMILES string of the molecule is CCc1c(C(=O)N2CCCC(C(=O)NCCNC(=O)OC(C)(C)C)C2)cnn1-c1ccccc1. The van der Waals surface area contributed by atoms with Gasteiger partial charge in [0, 0.05) is 26.2 Å². The molecule has 184 valence electrons. The number of nitrogens with zero attached hydrogens (tertiary/aromatic N) is 3. The van der Waals surface area contributed by atoms with Gasteiger partial charge < -0.3 is 20.3 Å². The lowest BCUT2D eigenvalue weighted by atomic mass is 9.96. The number of hydrogen-bond donors (Lipinski definition) is 2. The van der Waals surface area contributed by atoms with Gasteiger partial charge in [0.2, 0.25) is 5.91 Å². The van der Waals surface area contributed by atoms with Crippen LogP contribution in [0, 0.1) is 5.92 Å². The second-order valence-corrected chi connectivity index (χ2v) is 9.42. The highest BCUT2D eigenvalue weighted by Crippen LogP contribution is 2.22. The van der Waals surface area contributed by atoms with E-state index in [1.54, 1.807) is 36.5 Å². The molecular formula is C25H35N5O4. The highest BCUT2D eigenvalue weighted by atomic mass is 16.6. The summed E-state index contributed by atoms with van der Waals surface area (Å²) in [5.74, 6) is -0.490. The van der Waals surface area contributed by atoms with E-state index >= 15 is 0 Å². The summed E-state index contributed by atoms with van der Waals surface area (Å²) < 4.78 is 6.98. The second kappa shape index (κ2) is 11.2. The van der Waals surface area contributed by atoms with Gasteiger partial charge in [-0.3, -0.25) is 9.59 Å². The molecule has 1 saturated heterocycles. The molecule has 0 radical (unpaired) electrons. The molecule has 1 aliphatic heterocycles. The fourth-order valence-electron chi connectivity index (χ4n) is 4.04. The van der Waals surface area contributed by atoms with E-state index < -0.39 is 11.7 Å². The Morgan fingerprint density at radius 2 is 1.82 bits per heavy atom. The summed E-state index contributed by atoms with van der Waals surface area (Å²) in [6, 6.07) is 9.74. The summed E-state index contributed by atoms with van der Waals surface area (Å²) in [5, 5.41) is 9.94. The van der Waals surface area contributed by atoms with Crippen LogP contribution in [0.1, 0.15) is 56.6 Å². The smallest absolute Gasteiger partial charge is 0.407 e. The monoisotopic (exact) mass is 469 g/mol. The lowest BCUT2D eigenvalue weighted by Crippen LogP contribution is -2.46. The first kappa shape index (κ1) is 25.3. The zero-order valence-electron chi connectivity index (χ0n) is 20.5. The van der Waals surface area contributed by atoms with Crippen LogP contribution in [0.15, 0.2) is 36.5 Å².